The van der Waals surface area contributed by atoms with Crippen LogP contribution in [0.15, 0.2) is 41.8 Å². The van der Waals surface area contributed by atoms with Gasteiger partial charge in [0.2, 0.25) is 0 Å². The Kier molecular flexibility index (Phi) is 2.36. The van der Waals surface area contributed by atoms with Crippen LogP contribution in [0.5, 0.6) is 0 Å². The normalized spacial score (nSPS) is 11.4. The third-order valence-electron chi connectivity index (χ3n) is 2.81. The summed E-state index contributed by atoms with van der Waals surface area (Å²) in [7, 11) is 0. The van der Waals surface area contributed by atoms with Gasteiger partial charge in [0.1, 0.15) is 17.5 Å². The molecule has 4 rings (SSSR count). The highest BCUT2D eigenvalue weighted by Gasteiger charge is 2.13. The van der Waals surface area contributed by atoms with E-state index in [1.165, 1.54) is 0 Å². The summed E-state index contributed by atoms with van der Waals surface area (Å²) >= 11 is 5.03. The standard InChI is InChI=1S/C12H6BrN5S/c13-7-3-8-9-10(19-12(8)15-4-7)11(17-5-16-9)18-2-1-14-6-18/h1-6H. The Hall–Kier alpha value is -1.86. The SMILES string of the molecule is Brc1cnc2sc3c(-n4ccnc4)ncnc3c2c1. The molecular weight excluding hydrogens is 326 g/mol. The molecule has 0 saturated carbocycles. The van der Waals surface area contributed by atoms with E-state index in [4.69, 9.17) is 0 Å². The monoisotopic (exact) mass is 331 g/mol. The van der Waals surface area contributed by atoms with Gasteiger partial charge in [-0.1, -0.05) is 0 Å². The van der Waals surface area contributed by atoms with Crippen LogP contribution in [-0.4, -0.2) is 24.5 Å². The molecule has 0 unspecified atom stereocenters. The van der Waals surface area contributed by atoms with Crippen LogP contribution in [0.2, 0.25) is 0 Å². The lowest BCUT2D eigenvalue weighted by molar-refractivity contribution is 0.997. The lowest BCUT2D eigenvalue weighted by Gasteiger charge is -2.00. The Morgan fingerprint density at radius 3 is 3.00 bits per heavy atom. The van der Waals surface area contributed by atoms with Gasteiger partial charge in [0.25, 0.3) is 0 Å². The van der Waals surface area contributed by atoms with Crippen LogP contribution in [0.3, 0.4) is 0 Å². The van der Waals surface area contributed by atoms with Gasteiger partial charge < -0.3 is 0 Å². The summed E-state index contributed by atoms with van der Waals surface area (Å²) in [6, 6.07) is 2.03. The van der Waals surface area contributed by atoms with Crippen molar-refractivity contribution < 1.29 is 0 Å². The maximum absolute atomic E-state index is 4.42. The Balaban J connectivity index is 2.15. The minimum atomic E-state index is 0.835. The van der Waals surface area contributed by atoms with Crippen molar-refractivity contribution in [2.45, 2.75) is 0 Å². The van der Waals surface area contributed by atoms with E-state index in [1.54, 1.807) is 36.4 Å². The van der Waals surface area contributed by atoms with E-state index in [-0.39, 0.29) is 0 Å². The molecule has 4 aromatic heterocycles. The molecule has 5 nitrogen and oxygen atoms in total. The van der Waals surface area contributed by atoms with Crippen molar-refractivity contribution in [3.05, 3.63) is 41.8 Å². The van der Waals surface area contributed by atoms with Crippen molar-refractivity contribution in [2.24, 2.45) is 0 Å². The molecule has 0 radical (unpaired) electrons. The van der Waals surface area contributed by atoms with E-state index in [1.807, 2.05) is 16.8 Å². The molecule has 0 aromatic carbocycles. The molecule has 4 heterocycles. The van der Waals surface area contributed by atoms with E-state index in [0.717, 1.165) is 30.7 Å². The molecule has 0 aliphatic heterocycles. The summed E-state index contributed by atoms with van der Waals surface area (Å²) < 4.78 is 3.85. The first-order valence-corrected chi connectivity index (χ1v) is 7.11. The van der Waals surface area contributed by atoms with Gasteiger partial charge in [-0.15, -0.1) is 11.3 Å². The summed E-state index contributed by atoms with van der Waals surface area (Å²) in [6.45, 7) is 0. The molecule has 0 spiro atoms. The Morgan fingerprint density at radius 2 is 2.16 bits per heavy atom. The quantitative estimate of drug-likeness (QED) is 0.537. The average Bonchev–Trinajstić information content (AvgIpc) is 3.05. The van der Waals surface area contributed by atoms with Gasteiger partial charge in [0.15, 0.2) is 5.82 Å². The summed E-state index contributed by atoms with van der Waals surface area (Å²) in [5.41, 5.74) is 0.924. The number of rotatable bonds is 1. The highest BCUT2D eigenvalue weighted by Crippen LogP contribution is 2.34. The predicted molar refractivity (Wildman–Crippen MR) is 77.5 cm³/mol. The van der Waals surface area contributed by atoms with Crippen molar-refractivity contribution >= 4 is 47.7 Å². The summed E-state index contributed by atoms with van der Waals surface area (Å²) in [4.78, 5) is 18.2. The largest absolute Gasteiger partial charge is 0.289 e. The molecule has 0 aliphatic carbocycles. The Morgan fingerprint density at radius 1 is 1.21 bits per heavy atom. The number of hydrogen-bond donors (Lipinski definition) is 0. The fraction of sp³-hybridized carbons (Fsp3) is 0. The van der Waals surface area contributed by atoms with E-state index in [0.29, 0.717) is 0 Å². The molecule has 0 atom stereocenters. The van der Waals surface area contributed by atoms with Crippen LogP contribution in [0.4, 0.5) is 0 Å². The van der Waals surface area contributed by atoms with Crippen LogP contribution >= 0.6 is 27.3 Å². The van der Waals surface area contributed by atoms with Crippen molar-refractivity contribution in [3.63, 3.8) is 0 Å². The topological polar surface area (TPSA) is 56.5 Å². The number of halogens is 1. The number of aromatic nitrogens is 5. The zero-order chi connectivity index (χ0) is 12.8. The second-order valence-electron chi connectivity index (χ2n) is 3.95. The smallest absolute Gasteiger partial charge is 0.159 e. The van der Waals surface area contributed by atoms with Crippen LogP contribution in [0.1, 0.15) is 0 Å². The lowest BCUT2D eigenvalue weighted by atomic mass is 10.3. The minimum absolute atomic E-state index is 0.835. The molecule has 0 fully saturated rings. The summed E-state index contributed by atoms with van der Waals surface area (Å²) in [5.74, 6) is 0.835. The second-order valence-corrected chi connectivity index (χ2v) is 5.87. The van der Waals surface area contributed by atoms with Gasteiger partial charge in [-0.3, -0.25) is 4.57 Å². The van der Waals surface area contributed by atoms with Crippen LogP contribution in [-0.2, 0) is 0 Å². The average molecular weight is 332 g/mol. The highest BCUT2D eigenvalue weighted by atomic mass is 79.9. The number of nitrogens with zero attached hydrogens (tertiary/aromatic N) is 5. The molecule has 0 amide bonds. The van der Waals surface area contributed by atoms with Crippen molar-refractivity contribution in [1.82, 2.24) is 24.5 Å². The van der Waals surface area contributed by atoms with Crippen molar-refractivity contribution in [3.8, 4) is 5.82 Å². The third kappa shape index (κ3) is 1.66. The highest BCUT2D eigenvalue weighted by molar-refractivity contribution is 9.10. The van der Waals surface area contributed by atoms with Gasteiger partial charge in [-0.25, -0.2) is 19.9 Å². The maximum atomic E-state index is 4.42. The first kappa shape index (κ1) is 11.0. The fourth-order valence-electron chi connectivity index (χ4n) is 1.99. The number of hydrogen-bond acceptors (Lipinski definition) is 5. The van der Waals surface area contributed by atoms with E-state index in [9.17, 15) is 0 Å². The van der Waals surface area contributed by atoms with Crippen LogP contribution < -0.4 is 0 Å². The zero-order valence-electron chi connectivity index (χ0n) is 9.49. The molecule has 19 heavy (non-hydrogen) atoms. The minimum Gasteiger partial charge on any atom is -0.289 e. The van der Waals surface area contributed by atoms with E-state index < -0.39 is 0 Å². The van der Waals surface area contributed by atoms with E-state index in [2.05, 4.69) is 35.9 Å². The second kappa shape index (κ2) is 4.07. The molecule has 0 saturated heterocycles. The van der Waals surface area contributed by atoms with E-state index >= 15 is 0 Å². The molecule has 92 valence electrons. The lowest BCUT2D eigenvalue weighted by Crippen LogP contribution is -1.94. The summed E-state index contributed by atoms with van der Waals surface area (Å²) in [5, 5.41) is 1.04. The van der Waals surface area contributed by atoms with Gasteiger partial charge in [0.05, 0.1) is 10.2 Å². The van der Waals surface area contributed by atoms with Gasteiger partial charge in [-0.05, 0) is 22.0 Å². The van der Waals surface area contributed by atoms with Crippen LogP contribution in [0.25, 0.3) is 26.3 Å². The Bertz CT molecular complexity index is 884. The van der Waals surface area contributed by atoms with Gasteiger partial charge in [-0.2, -0.15) is 0 Å². The van der Waals surface area contributed by atoms with Crippen LogP contribution in [0, 0.1) is 0 Å². The fourth-order valence-corrected chi connectivity index (χ4v) is 3.40. The van der Waals surface area contributed by atoms with Gasteiger partial charge >= 0.3 is 0 Å². The molecular formula is C12H6BrN5S. The molecule has 0 bridgehead atoms. The Labute approximate surface area is 120 Å². The van der Waals surface area contributed by atoms with Crippen molar-refractivity contribution in [2.75, 3.05) is 0 Å². The number of fused-ring (bicyclic) bond motifs is 3. The van der Waals surface area contributed by atoms with Crippen molar-refractivity contribution in [1.29, 1.82) is 0 Å². The number of thiophene rings is 1. The number of imidazole rings is 1. The zero-order valence-corrected chi connectivity index (χ0v) is 11.9. The van der Waals surface area contributed by atoms with Gasteiger partial charge in [0, 0.05) is 28.4 Å². The molecule has 4 aromatic rings. The molecule has 0 N–H and O–H groups in total. The molecule has 7 heteroatoms. The molecule has 0 aliphatic rings. The maximum Gasteiger partial charge on any atom is 0.159 e. The first-order valence-electron chi connectivity index (χ1n) is 5.50. The predicted octanol–water partition coefficient (Wildman–Crippen LogP) is 3.19. The first-order chi connectivity index (χ1) is 9.33. The third-order valence-corrected chi connectivity index (χ3v) is 4.34. The summed E-state index contributed by atoms with van der Waals surface area (Å²) in [6.07, 6.45) is 8.70. The number of pyridine rings is 1.